The van der Waals surface area contributed by atoms with E-state index >= 15 is 0 Å². The van der Waals surface area contributed by atoms with E-state index in [1.54, 1.807) is 11.3 Å². The second-order valence-electron chi connectivity index (χ2n) is 3.93. The summed E-state index contributed by atoms with van der Waals surface area (Å²) in [7, 11) is 0. The standard InChI is InChI=1S/C13H14BrNS/c1-8-7-10(14)4-5-11(8)13(15)12-6-3-9(2)16-12/h3-7,13H,15H2,1-2H3. The van der Waals surface area contributed by atoms with Gasteiger partial charge in [-0.15, -0.1) is 11.3 Å². The van der Waals surface area contributed by atoms with Crippen molar-refractivity contribution in [3.63, 3.8) is 0 Å². The van der Waals surface area contributed by atoms with Crippen molar-refractivity contribution in [3.05, 3.63) is 55.7 Å². The van der Waals surface area contributed by atoms with Crippen LogP contribution in [-0.4, -0.2) is 0 Å². The van der Waals surface area contributed by atoms with Crippen molar-refractivity contribution in [3.8, 4) is 0 Å². The summed E-state index contributed by atoms with van der Waals surface area (Å²) in [6.45, 7) is 4.20. The molecule has 0 radical (unpaired) electrons. The van der Waals surface area contributed by atoms with Gasteiger partial charge in [0.1, 0.15) is 0 Å². The number of benzene rings is 1. The van der Waals surface area contributed by atoms with E-state index in [0.717, 1.165) is 4.47 Å². The van der Waals surface area contributed by atoms with Crippen LogP contribution < -0.4 is 5.73 Å². The number of thiophene rings is 1. The fourth-order valence-electron chi connectivity index (χ4n) is 1.76. The summed E-state index contributed by atoms with van der Waals surface area (Å²) in [4.78, 5) is 2.53. The Morgan fingerprint density at radius 1 is 1.19 bits per heavy atom. The minimum absolute atomic E-state index is 0.00759. The molecule has 0 spiro atoms. The lowest BCUT2D eigenvalue weighted by Crippen LogP contribution is -2.11. The maximum atomic E-state index is 6.28. The fourth-order valence-corrected chi connectivity index (χ4v) is 3.14. The molecule has 2 aromatic rings. The molecule has 0 saturated heterocycles. The van der Waals surface area contributed by atoms with Gasteiger partial charge in [-0.25, -0.2) is 0 Å². The first-order chi connectivity index (χ1) is 7.58. The predicted molar refractivity (Wildman–Crippen MR) is 74.0 cm³/mol. The average molecular weight is 296 g/mol. The van der Waals surface area contributed by atoms with Crippen molar-refractivity contribution in [2.24, 2.45) is 5.73 Å². The highest BCUT2D eigenvalue weighted by Gasteiger charge is 2.13. The van der Waals surface area contributed by atoms with Gasteiger partial charge in [-0.2, -0.15) is 0 Å². The van der Waals surface area contributed by atoms with E-state index in [9.17, 15) is 0 Å². The molecule has 0 aliphatic carbocycles. The molecule has 1 unspecified atom stereocenters. The molecular formula is C13H14BrNS. The molecule has 0 amide bonds. The molecule has 16 heavy (non-hydrogen) atoms. The Balaban J connectivity index is 2.37. The Morgan fingerprint density at radius 2 is 1.94 bits per heavy atom. The summed E-state index contributed by atoms with van der Waals surface area (Å²) in [5.41, 5.74) is 8.70. The van der Waals surface area contributed by atoms with Crippen LogP contribution in [0.1, 0.15) is 26.9 Å². The Labute approximate surface area is 108 Å². The van der Waals surface area contributed by atoms with Gasteiger partial charge in [0.05, 0.1) is 6.04 Å². The Hall–Kier alpha value is -0.640. The molecule has 3 heteroatoms. The summed E-state index contributed by atoms with van der Waals surface area (Å²) >= 11 is 5.23. The zero-order chi connectivity index (χ0) is 11.7. The van der Waals surface area contributed by atoms with Gasteiger partial charge in [0, 0.05) is 14.2 Å². The number of nitrogens with two attached hydrogens (primary N) is 1. The Morgan fingerprint density at radius 3 is 2.50 bits per heavy atom. The van der Waals surface area contributed by atoms with E-state index in [4.69, 9.17) is 5.73 Å². The molecule has 0 aliphatic rings. The van der Waals surface area contributed by atoms with Crippen molar-refractivity contribution in [1.29, 1.82) is 0 Å². The molecule has 2 rings (SSSR count). The largest absolute Gasteiger partial charge is 0.320 e. The average Bonchev–Trinajstić information content (AvgIpc) is 2.64. The molecule has 1 nitrogen and oxygen atoms in total. The zero-order valence-electron chi connectivity index (χ0n) is 9.33. The topological polar surface area (TPSA) is 26.0 Å². The molecule has 1 aromatic carbocycles. The zero-order valence-corrected chi connectivity index (χ0v) is 11.7. The van der Waals surface area contributed by atoms with E-state index in [1.165, 1.54) is 20.9 Å². The van der Waals surface area contributed by atoms with Gasteiger partial charge >= 0.3 is 0 Å². The maximum absolute atomic E-state index is 6.28. The highest BCUT2D eigenvalue weighted by Crippen LogP contribution is 2.29. The minimum Gasteiger partial charge on any atom is -0.320 e. The van der Waals surface area contributed by atoms with Gasteiger partial charge < -0.3 is 5.73 Å². The summed E-state index contributed by atoms with van der Waals surface area (Å²) in [5.74, 6) is 0. The van der Waals surface area contributed by atoms with E-state index in [2.05, 4.69) is 54.0 Å². The molecule has 1 heterocycles. The predicted octanol–water partition coefficient (Wildman–Crippen LogP) is 4.18. The van der Waals surface area contributed by atoms with E-state index in [0.29, 0.717) is 0 Å². The first kappa shape index (κ1) is 11.8. The molecule has 1 aromatic heterocycles. The van der Waals surface area contributed by atoms with E-state index in [-0.39, 0.29) is 6.04 Å². The first-order valence-corrected chi connectivity index (χ1v) is 6.77. The Kier molecular flexibility index (Phi) is 3.47. The van der Waals surface area contributed by atoms with Gasteiger partial charge in [-0.1, -0.05) is 22.0 Å². The van der Waals surface area contributed by atoms with Crippen LogP contribution in [-0.2, 0) is 0 Å². The molecule has 0 saturated carbocycles. The third-order valence-corrected chi connectivity index (χ3v) is 4.21. The lowest BCUT2D eigenvalue weighted by molar-refractivity contribution is 0.882. The maximum Gasteiger partial charge on any atom is 0.0648 e. The highest BCUT2D eigenvalue weighted by molar-refractivity contribution is 9.10. The number of hydrogen-bond donors (Lipinski definition) is 1. The van der Waals surface area contributed by atoms with Crippen molar-refractivity contribution in [2.45, 2.75) is 19.9 Å². The normalized spacial score (nSPS) is 12.8. The molecular weight excluding hydrogens is 282 g/mol. The number of aryl methyl sites for hydroxylation is 2. The van der Waals surface area contributed by atoms with Crippen molar-refractivity contribution >= 4 is 27.3 Å². The number of hydrogen-bond acceptors (Lipinski definition) is 2. The summed E-state index contributed by atoms with van der Waals surface area (Å²) < 4.78 is 1.10. The minimum atomic E-state index is -0.00759. The van der Waals surface area contributed by atoms with Crippen LogP contribution in [0.25, 0.3) is 0 Å². The van der Waals surface area contributed by atoms with Crippen LogP contribution in [0.3, 0.4) is 0 Å². The second kappa shape index (κ2) is 4.70. The monoisotopic (exact) mass is 295 g/mol. The van der Waals surface area contributed by atoms with Crippen molar-refractivity contribution < 1.29 is 0 Å². The number of rotatable bonds is 2. The third-order valence-electron chi connectivity index (χ3n) is 2.63. The van der Waals surface area contributed by atoms with Crippen LogP contribution in [0, 0.1) is 13.8 Å². The van der Waals surface area contributed by atoms with Gasteiger partial charge in [0.25, 0.3) is 0 Å². The van der Waals surface area contributed by atoms with Gasteiger partial charge in [0.15, 0.2) is 0 Å². The van der Waals surface area contributed by atoms with Crippen molar-refractivity contribution in [1.82, 2.24) is 0 Å². The van der Waals surface area contributed by atoms with Crippen LogP contribution >= 0.6 is 27.3 Å². The summed E-state index contributed by atoms with van der Waals surface area (Å²) in [6.07, 6.45) is 0. The van der Waals surface area contributed by atoms with Gasteiger partial charge in [-0.05, 0) is 49.2 Å². The number of halogens is 1. The molecule has 0 fully saturated rings. The van der Waals surface area contributed by atoms with Gasteiger partial charge in [-0.3, -0.25) is 0 Å². The summed E-state index contributed by atoms with van der Waals surface area (Å²) in [6, 6.07) is 10.5. The van der Waals surface area contributed by atoms with Crippen molar-refractivity contribution in [2.75, 3.05) is 0 Å². The SMILES string of the molecule is Cc1ccc(C(N)c2ccc(Br)cc2C)s1. The Bertz CT molecular complexity index is 504. The van der Waals surface area contributed by atoms with Crippen LogP contribution in [0.4, 0.5) is 0 Å². The van der Waals surface area contributed by atoms with E-state index < -0.39 is 0 Å². The molecule has 1 atom stereocenters. The van der Waals surface area contributed by atoms with Gasteiger partial charge in [0.2, 0.25) is 0 Å². The second-order valence-corrected chi connectivity index (χ2v) is 6.16. The highest BCUT2D eigenvalue weighted by atomic mass is 79.9. The van der Waals surface area contributed by atoms with Crippen LogP contribution in [0.2, 0.25) is 0 Å². The first-order valence-electron chi connectivity index (χ1n) is 5.16. The van der Waals surface area contributed by atoms with Crippen LogP contribution in [0.5, 0.6) is 0 Å². The smallest absolute Gasteiger partial charge is 0.0648 e. The lowest BCUT2D eigenvalue weighted by Gasteiger charge is -2.13. The molecule has 2 N–H and O–H groups in total. The quantitative estimate of drug-likeness (QED) is 0.884. The third kappa shape index (κ3) is 2.37. The fraction of sp³-hybridized carbons (Fsp3) is 0.231. The molecule has 0 aliphatic heterocycles. The van der Waals surface area contributed by atoms with Crippen LogP contribution in [0.15, 0.2) is 34.8 Å². The molecule has 84 valence electrons. The summed E-state index contributed by atoms with van der Waals surface area (Å²) in [5, 5.41) is 0. The molecule has 0 bridgehead atoms. The lowest BCUT2D eigenvalue weighted by atomic mass is 10.0. The van der Waals surface area contributed by atoms with E-state index in [1.807, 2.05) is 6.07 Å².